The molecule has 1 N–H and O–H groups in total. The van der Waals surface area contributed by atoms with Crippen molar-refractivity contribution in [3.63, 3.8) is 0 Å². The number of nitrogens with zero attached hydrogens (tertiary/aromatic N) is 3. The van der Waals surface area contributed by atoms with Gasteiger partial charge in [0.25, 0.3) is 11.8 Å². The van der Waals surface area contributed by atoms with Gasteiger partial charge in [-0.25, -0.2) is 0 Å². The minimum absolute atomic E-state index is 0.127. The van der Waals surface area contributed by atoms with Crippen molar-refractivity contribution >= 4 is 29.3 Å². The lowest BCUT2D eigenvalue weighted by Crippen LogP contribution is -2.69. The van der Waals surface area contributed by atoms with Crippen LogP contribution in [-0.4, -0.2) is 50.6 Å². The molecule has 2 atom stereocenters. The first-order chi connectivity index (χ1) is 16.5. The molecule has 1 fully saturated rings. The highest BCUT2D eigenvalue weighted by molar-refractivity contribution is 8.00. The van der Waals surface area contributed by atoms with Crippen molar-refractivity contribution in [2.75, 3.05) is 12.4 Å². The highest BCUT2D eigenvalue weighted by Gasteiger charge is 2.53. The SMILES string of the molecule is CCCCOc1ccc(CCC(=O)N[C@@H]2C(=O)N3C(c4nc(CCC)no4)=C(C)CSC23)cc1. The fraction of sp³-hybridized carbons (Fsp3) is 0.520. The normalized spacial score (nSPS) is 19.6. The molecule has 0 bridgehead atoms. The van der Waals surface area contributed by atoms with Crippen LogP contribution in [0.1, 0.15) is 63.7 Å². The molecule has 2 aliphatic rings. The Kier molecular flexibility index (Phi) is 7.92. The molecule has 8 nitrogen and oxygen atoms in total. The molecule has 34 heavy (non-hydrogen) atoms. The van der Waals surface area contributed by atoms with E-state index in [9.17, 15) is 9.59 Å². The van der Waals surface area contributed by atoms with Gasteiger partial charge >= 0.3 is 0 Å². The van der Waals surface area contributed by atoms with Crippen LogP contribution in [0.2, 0.25) is 0 Å². The number of hydrogen-bond donors (Lipinski definition) is 1. The number of carbonyl (C=O) groups is 2. The van der Waals surface area contributed by atoms with Crippen molar-refractivity contribution in [2.24, 2.45) is 0 Å². The monoisotopic (exact) mass is 484 g/mol. The van der Waals surface area contributed by atoms with Crippen LogP contribution in [0.3, 0.4) is 0 Å². The minimum Gasteiger partial charge on any atom is -0.494 e. The molecule has 3 heterocycles. The molecule has 0 spiro atoms. The number of aromatic nitrogens is 2. The quantitative estimate of drug-likeness (QED) is 0.381. The summed E-state index contributed by atoms with van der Waals surface area (Å²) < 4.78 is 11.1. The highest BCUT2D eigenvalue weighted by Crippen LogP contribution is 2.43. The van der Waals surface area contributed by atoms with Crippen LogP contribution >= 0.6 is 11.8 Å². The first-order valence-corrected chi connectivity index (χ1v) is 13.0. The molecule has 0 saturated carbocycles. The molecule has 2 amide bonds. The van der Waals surface area contributed by atoms with Gasteiger partial charge in [0.1, 0.15) is 22.9 Å². The number of carbonyl (C=O) groups excluding carboxylic acids is 2. The Balaban J connectivity index is 1.31. The Hall–Kier alpha value is -2.81. The number of amides is 2. The third-order valence-corrected chi connectivity index (χ3v) is 7.37. The van der Waals surface area contributed by atoms with Crippen molar-refractivity contribution in [3.05, 3.63) is 47.1 Å². The largest absolute Gasteiger partial charge is 0.494 e. The van der Waals surface area contributed by atoms with Gasteiger partial charge in [-0.05, 0) is 49.5 Å². The standard InChI is InChI=1S/C25H32N4O4S/c1-4-6-14-32-18-11-8-17(9-12-18)10-13-20(30)27-21-24(31)29-22(16(3)15-34-25(21)29)23-26-19(7-5-2)28-33-23/h8-9,11-12,21,25H,4-7,10,13-15H2,1-3H3,(H,27,30)/t21-,25?/m1/s1. The molecule has 1 aromatic heterocycles. The number of fused-ring (bicyclic) bond motifs is 1. The Morgan fingerprint density at radius 3 is 2.76 bits per heavy atom. The number of aryl methyl sites for hydroxylation is 2. The Bertz CT molecular complexity index is 1050. The second-order valence-electron chi connectivity index (χ2n) is 8.70. The second-order valence-corrected chi connectivity index (χ2v) is 9.80. The van der Waals surface area contributed by atoms with Gasteiger partial charge in [0, 0.05) is 18.6 Å². The molecule has 1 saturated heterocycles. The molecular formula is C25H32N4O4S. The maximum Gasteiger partial charge on any atom is 0.274 e. The first kappa shape index (κ1) is 24.3. The number of benzene rings is 1. The predicted octanol–water partition coefficient (Wildman–Crippen LogP) is 3.96. The van der Waals surface area contributed by atoms with E-state index in [0.717, 1.165) is 48.3 Å². The van der Waals surface area contributed by atoms with Gasteiger partial charge < -0.3 is 14.6 Å². The van der Waals surface area contributed by atoms with Crippen LogP contribution < -0.4 is 10.1 Å². The van der Waals surface area contributed by atoms with Crippen molar-refractivity contribution in [3.8, 4) is 5.75 Å². The lowest BCUT2D eigenvalue weighted by atomic mass is 10.0. The zero-order chi connectivity index (χ0) is 24.1. The average Bonchev–Trinajstić information content (AvgIpc) is 3.30. The molecular weight excluding hydrogens is 452 g/mol. The molecule has 1 unspecified atom stereocenters. The lowest BCUT2D eigenvalue weighted by molar-refractivity contribution is -0.144. The van der Waals surface area contributed by atoms with Gasteiger partial charge in [-0.3, -0.25) is 14.5 Å². The van der Waals surface area contributed by atoms with Crippen LogP contribution in [0, 0.1) is 0 Å². The zero-order valence-electron chi connectivity index (χ0n) is 20.0. The number of rotatable bonds is 11. The smallest absolute Gasteiger partial charge is 0.274 e. The maximum atomic E-state index is 13.0. The Morgan fingerprint density at radius 1 is 1.24 bits per heavy atom. The molecule has 2 aromatic rings. The molecule has 0 aliphatic carbocycles. The Labute approximate surface area is 204 Å². The van der Waals surface area contributed by atoms with Gasteiger partial charge in [0.05, 0.1) is 6.61 Å². The number of hydrogen-bond acceptors (Lipinski definition) is 7. The summed E-state index contributed by atoms with van der Waals surface area (Å²) in [5, 5.41) is 6.80. The summed E-state index contributed by atoms with van der Waals surface area (Å²) in [7, 11) is 0. The van der Waals surface area contributed by atoms with Crippen molar-refractivity contribution in [2.45, 2.75) is 70.7 Å². The highest BCUT2D eigenvalue weighted by atomic mass is 32.2. The number of thioether (sulfide) groups is 1. The van der Waals surface area contributed by atoms with Crippen LogP contribution in [0.4, 0.5) is 0 Å². The molecule has 4 rings (SSSR count). The van der Waals surface area contributed by atoms with Crippen LogP contribution in [0.5, 0.6) is 5.75 Å². The molecule has 1 aromatic carbocycles. The summed E-state index contributed by atoms with van der Waals surface area (Å²) in [6.45, 7) is 6.87. The van der Waals surface area contributed by atoms with Gasteiger partial charge in [0.15, 0.2) is 5.82 Å². The van der Waals surface area contributed by atoms with E-state index in [2.05, 4.69) is 29.3 Å². The molecule has 2 aliphatic heterocycles. The van der Waals surface area contributed by atoms with E-state index >= 15 is 0 Å². The second kappa shape index (κ2) is 11.1. The van der Waals surface area contributed by atoms with Crippen LogP contribution in [0.25, 0.3) is 5.70 Å². The van der Waals surface area contributed by atoms with Gasteiger partial charge in [-0.1, -0.05) is 37.6 Å². The first-order valence-electron chi connectivity index (χ1n) is 12.0. The molecule has 0 radical (unpaired) electrons. The average molecular weight is 485 g/mol. The van der Waals surface area contributed by atoms with E-state index in [1.54, 1.807) is 16.7 Å². The summed E-state index contributed by atoms with van der Waals surface area (Å²) in [6, 6.07) is 7.31. The van der Waals surface area contributed by atoms with E-state index in [1.165, 1.54) is 0 Å². The van der Waals surface area contributed by atoms with Crippen molar-refractivity contribution in [1.82, 2.24) is 20.4 Å². The van der Waals surface area contributed by atoms with Gasteiger partial charge in [-0.2, -0.15) is 4.98 Å². The number of β-lactam (4-membered cyclic amide) rings is 1. The van der Waals surface area contributed by atoms with E-state index in [0.29, 0.717) is 36.9 Å². The van der Waals surface area contributed by atoms with Gasteiger partial charge in [0.2, 0.25) is 5.91 Å². The van der Waals surface area contributed by atoms with Crippen molar-refractivity contribution in [1.29, 1.82) is 0 Å². The molecule has 9 heteroatoms. The predicted molar refractivity (Wildman–Crippen MR) is 131 cm³/mol. The van der Waals surface area contributed by atoms with Crippen LogP contribution in [0.15, 0.2) is 34.4 Å². The number of unbranched alkanes of at least 4 members (excludes halogenated alkanes) is 1. The molecule has 182 valence electrons. The zero-order valence-corrected chi connectivity index (χ0v) is 20.8. The number of ether oxygens (including phenoxy) is 1. The minimum atomic E-state index is -0.534. The van der Waals surface area contributed by atoms with E-state index in [4.69, 9.17) is 9.26 Å². The van der Waals surface area contributed by atoms with E-state index < -0.39 is 6.04 Å². The summed E-state index contributed by atoms with van der Waals surface area (Å²) in [5.41, 5.74) is 2.77. The topological polar surface area (TPSA) is 97.6 Å². The summed E-state index contributed by atoms with van der Waals surface area (Å²) in [5.74, 6) is 2.35. The maximum absolute atomic E-state index is 13.0. The third kappa shape index (κ3) is 5.29. The summed E-state index contributed by atoms with van der Waals surface area (Å²) in [6.07, 6.45) is 4.71. The van der Waals surface area contributed by atoms with E-state index in [-0.39, 0.29) is 17.2 Å². The fourth-order valence-electron chi connectivity index (χ4n) is 4.04. The van der Waals surface area contributed by atoms with Crippen molar-refractivity contribution < 1.29 is 18.8 Å². The third-order valence-electron chi connectivity index (χ3n) is 5.95. The fourth-order valence-corrected chi connectivity index (χ4v) is 5.33. The lowest BCUT2D eigenvalue weighted by Gasteiger charge is -2.49. The number of nitrogens with one attached hydrogen (secondary N) is 1. The summed E-state index contributed by atoms with van der Waals surface area (Å²) in [4.78, 5) is 31.7. The van der Waals surface area contributed by atoms with E-state index in [1.807, 2.05) is 31.2 Å². The summed E-state index contributed by atoms with van der Waals surface area (Å²) >= 11 is 1.64. The Morgan fingerprint density at radius 2 is 2.03 bits per heavy atom. The van der Waals surface area contributed by atoms with Crippen LogP contribution in [-0.2, 0) is 22.4 Å². The van der Waals surface area contributed by atoms with Gasteiger partial charge in [-0.15, -0.1) is 11.8 Å².